The molecular formula is C19H16F3N3O3. The van der Waals surface area contributed by atoms with Crippen LogP contribution in [0.25, 0.3) is 10.9 Å². The molecule has 1 heterocycles. The van der Waals surface area contributed by atoms with Crippen molar-refractivity contribution in [3.8, 4) is 5.75 Å². The van der Waals surface area contributed by atoms with E-state index in [-0.39, 0.29) is 29.6 Å². The van der Waals surface area contributed by atoms with Gasteiger partial charge in [-0.25, -0.2) is 9.66 Å². The van der Waals surface area contributed by atoms with Crippen molar-refractivity contribution in [1.82, 2.24) is 9.66 Å². The lowest BCUT2D eigenvalue weighted by atomic mass is 10.1. The number of nitrogens with one attached hydrogen (secondary N) is 1. The highest BCUT2D eigenvalue weighted by atomic mass is 19.4. The number of aryl methyl sites for hydroxylation is 1. The summed E-state index contributed by atoms with van der Waals surface area (Å²) in [6.45, 7) is 1.71. The molecule has 3 rings (SSSR count). The molecule has 2 aromatic carbocycles. The van der Waals surface area contributed by atoms with E-state index in [9.17, 15) is 22.8 Å². The minimum Gasteiger partial charge on any atom is -0.406 e. The van der Waals surface area contributed by atoms with Crippen LogP contribution in [0, 0.1) is 0 Å². The Morgan fingerprint density at radius 2 is 1.89 bits per heavy atom. The molecular weight excluding hydrogens is 375 g/mol. The second-order valence-electron chi connectivity index (χ2n) is 5.95. The molecule has 28 heavy (non-hydrogen) atoms. The molecule has 9 heteroatoms. The van der Waals surface area contributed by atoms with E-state index in [0.29, 0.717) is 0 Å². The number of rotatable bonds is 5. The van der Waals surface area contributed by atoms with Crippen LogP contribution < -0.4 is 15.7 Å². The third kappa shape index (κ3) is 4.48. The molecule has 0 bridgehead atoms. The van der Waals surface area contributed by atoms with Gasteiger partial charge in [0.2, 0.25) is 5.91 Å². The van der Waals surface area contributed by atoms with E-state index in [1.165, 1.54) is 6.07 Å². The van der Waals surface area contributed by atoms with Crippen molar-refractivity contribution in [2.45, 2.75) is 26.1 Å². The summed E-state index contributed by atoms with van der Waals surface area (Å²) in [6, 6.07) is 12.2. The smallest absolute Gasteiger partial charge is 0.406 e. The van der Waals surface area contributed by atoms with Crippen LogP contribution in [-0.2, 0) is 17.6 Å². The third-order valence-corrected chi connectivity index (χ3v) is 3.90. The predicted molar refractivity (Wildman–Crippen MR) is 96.6 cm³/mol. The van der Waals surface area contributed by atoms with E-state index in [1.807, 2.05) is 6.07 Å². The molecule has 0 radical (unpaired) electrons. The Labute approximate surface area is 157 Å². The number of aromatic nitrogens is 2. The first-order valence-corrected chi connectivity index (χ1v) is 8.42. The zero-order chi connectivity index (χ0) is 20.3. The minimum atomic E-state index is -4.85. The number of nitrogens with zero attached hydrogens (tertiary/aromatic N) is 2. The summed E-state index contributed by atoms with van der Waals surface area (Å²) in [6.07, 6.45) is -4.50. The fourth-order valence-corrected chi connectivity index (χ4v) is 2.71. The van der Waals surface area contributed by atoms with Crippen LogP contribution in [0.5, 0.6) is 5.75 Å². The second-order valence-corrected chi connectivity index (χ2v) is 5.95. The number of fused-ring (bicyclic) bond motifs is 1. The Morgan fingerprint density at radius 3 is 2.54 bits per heavy atom. The van der Waals surface area contributed by atoms with Crippen molar-refractivity contribution < 1.29 is 22.7 Å². The Balaban J connectivity index is 1.94. The topological polar surface area (TPSA) is 73.2 Å². The summed E-state index contributed by atoms with van der Waals surface area (Å²) in [4.78, 5) is 29.2. The number of carbonyl (C=O) groups excluding carboxylic acids is 1. The van der Waals surface area contributed by atoms with Gasteiger partial charge in [0.1, 0.15) is 11.6 Å². The normalized spacial score (nSPS) is 11.4. The summed E-state index contributed by atoms with van der Waals surface area (Å²) in [7, 11) is 0. The van der Waals surface area contributed by atoms with Crippen LogP contribution in [0.3, 0.4) is 0 Å². The van der Waals surface area contributed by atoms with Gasteiger partial charge in [0.05, 0.1) is 17.3 Å². The minimum absolute atomic E-state index is 0.0529. The second kappa shape index (κ2) is 7.71. The lowest BCUT2D eigenvalue weighted by Gasteiger charge is -2.14. The van der Waals surface area contributed by atoms with E-state index in [0.717, 1.165) is 22.4 Å². The Morgan fingerprint density at radius 1 is 1.18 bits per heavy atom. The molecule has 0 saturated carbocycles. The number of hydrogen-bond acceptors (Lipinski definition) is 4. The molecule has 6 nitrogen and oxygen atoms in total. The van der Waals surface area contributed by atoms with Gasteiger partial charge in [0.15, 0.2) is 0 Å². The summed E-state index contributed by atoms with van der Waals surface area (Å²) < 4.78 is 42.1. The van der Waals surface area contributed by atoms with Gasteiger partial charge in [-0.1, -0.05) is 37.3 Å². The van der Waals surface area contributed by atoms with Gasteiger partial charge in [-0.2, -0.15) is 0 Å². The van der Waals surface area contributed by atoms with Crippen LogP contribution in [0.1, 0.15) is 18.3 Å². The van der Waals surface area contributed by atoms with Gasteiger partial charge < -0.3 is 4.74 Å². The number of ether oxygens (including phenoxy) is 1. The number of carbonyl (C=O) groups is 1. The molecule has 0 saturated heterocycles. The summed E-state index contributed by atoms with van der Waals surface area (Å²) >= 11 is 0. The molecule has 0 atom stereocenters. The van der Waals surface area contributed by atoms with E-state index in [1.54, 1.807) is 31.2 Å². The van der Waals surface area contributed by atoms with Crippen molar-refractivity contribution in [2.24, 2.45) is 0 Å². The summed E-state index contributed by atoms with van der Waals surface area (Å²) in [5.74, 6) is -0.677. The van der Waals surface area contributed by atoms with Crippen LogP contribution in [0.4, 0.5) is 13.2 Å². The van der Waals surface area contributed by atoms with Crippen molar-refractivity contribution in [3.63, 3.8) is 0 Å². The van der Waals surface area contributed by atoms with E-state index in [4.69, 9.17) is 0 Å². The highest BCUT2D eigenvalue weighted by Crippen LogP contribution is 2.24. The number of amides is 1. The molecule has 0 aliphatic rings. The van der Waals surface area contributed by atoms with Crippen molar-refractivity contribution in [2.75, 3.05) is 5.43 Å². The fourth-order valence-electron chi connectivity index (χ4n) is 2.71. The standard InChI is InChI=1S/C19H16F3N3O3/c1-2-16-23-15-11-13(28-19(20,21)22)8-9-14(15)18(27)25(16)24-17(26)10-12-6-4-3-5-7-12/h3-9,11H,2,10H2,1H3,(H,24,26). The van der Waals surface area contributed by atoms with Gasteiger partial charge in [-0.05, 0) is 17.7 Å². The molecule has 0 aliphatic heterocycles. The molecule has 1 N–H and O–H groups in total. The molecule has 146 valence electrons. The Hall–Kier alpha value is -3.36. The van der Waals surface area contributed by atoms with Gasteiger partial charge >= 0.3 is 6.36 Å². The highest BCUT2D eigenvalue weighted by Gasteiger charge is 2.31. The molecule has 0 unspecified atom stereocenters. The number of halogens is 3. The van der Waals surface area contributed by atoms with Gasteiger partial charge in [-0.3, -0.25) is 15.0 Å². The third-order valence-electron chi connectivity index (χ3n) is 3.90. The molecule has 0 aliphatic carbocycles. The maximum absolute atomic E-state index is 12.7. The maximum Gasteiger partial charge on any atom is 0.573 e. The first-order chi connectivity index (χ1) is 13.3. The first kappa shape index (κ1) is 19.4. The van der Waals surface area contributed by atoms with Crippen molar-refractivity contribution >= 4 is 16.8 Å². The van der Waals surface area contributed by atoms with E-state index < -0.39 is 23.6 Å². The monoisotopic (exact) mass is 391 g/mol. The summed E-state index contributed by atoms with van der Waals surface area (Å²) in [5, 5.41) is 0.0618. The average Bonchev–Trinajstić information content (AvgIpc) is 2.63. The SMILES string of the molecule is CCc1nc2cc(OC(F)(F)F)ccc2c(=O)n1NC(=O)Cc1ccccc1. The van der Waals surface area contributed by atoms with E-state index >= 15 is 0 Å². The maximum atomic E-state index is 12.7. The van der Waals surface area contributed by atoms with Crippen LogP contribution in [0.15, 0.2) is 53.3 Å². The quantitative estimate of drug-likeness (QED) is 0.725. The zero-order valence-electron chi connectivity index (χ0n) is 14.8. The zero-order valence-corrected chi connectivity index (χ0v) is 14.8. The van der Waals surface area contributed by atoms with Crippen LogP contribution in [-0.4, -0.2) is 21.9 Å². The van der Waals surface area contributed by atoms with Gasteiger partial charge in [0, 0.05) is 12.5 Å². The first-order valence-electron chi connectivity index (χ1n) is 8.42. The average molecular weight is 391 g/mol. The summed E-state index contributed by atoms with van der Waals surface area (Å²) in [5.41, 5.74) is 2.76. The van der Waals surface area contributed by atoms with Crippen molar-refractivity contribution in [1.29, 1.82) is 0 Å². The lowest BCUT2D eigenvalue weighted by molar-refractivity contribution is -0.274. The molecule has 1 aromatic heterocycles. The lowest BCUT2D eigenvalue weighted by Crippen LogP contribution is -2.37. The Bertz CT molecular complexity index is 1060. The molecule has 0 fully saturated rings. The van der Waals surface area contributed by atoms with Crippen LogP contribution >= 0.6 is 0 Å². The number of alkyl halides is 3. The fraction of sp³-hybridized carbons (Fsp3) is 0.211. The molecule has 3 aromatic rings. The van der Waals surface area contributed by atoms with Crippen molar-refractivity contribution in [3.05, 3.63) is 70.3 Å². The largest absolute Gasteiger partial charge is 0.573 e. The highest BCUT2D eigenvalue weighted by molar-refractivity contribution is 5.86. The van der Waals surface area contributed by atoms with Gasteiger partial charge in [0.25, 0.3) is 5.56 Å². The number of hydrogen-bond donors (Lipinski definition) is 1. The van der Waals surface area contributed by atoms with Crippen LogP contribution in [0.2, 0.25) is 0 Å². The number of benzene rings is 2. The molecule has 1 amide bonds. The van der Waals surface area contributed by atoms with Gasteiger partial charge in [-0.15, -0.1) is 13.2 Å². The van der Waals surface area contributed by atoms with E-state index in [2.05, 4.69) is 15.1 Å². The molecule has 0 spiro atoms. The Kier molecular flexibility index (Phi) is 5.34. The predicted octanol–water partition coefficient (Wildman–Crippen LogP) is 3.17.